The van der Waals surface area contributed by atoms with Crippen molar-refractivity contribution in [2.75, 3.05) is 6.61 Å². The molecule has 1 fully saturated rings. The van der Waals surface area contributed by atoms with Gasteiger partial charge < -0.3 is 14.0 Å². The molecule has 7 heteroatoms. The molecule has 2 bridgehead atoms. The number of alkyl halides is 3. The second kappa shape index (κ2) is 4.83. The van der Waals surface area contributed by atoms with Gasteiger partial charge in [-0.15, -0.1) is 0 Å². The second-order valence-corrected chi connectivity index (χ2v) is 6.28. The maximum atomic E-state index is 13.1. The smallest absolute Gasteiger partial charge is 0.337 e. The van der Waals surface area contributed by atoms with Gasteiger partial charge in [-0.05, 0) is 18.2 Å². The van der Waals surface area contributed by atoms with Gasteiger partial charge in [-0.3, -0.25) is 0 Å². The Bertz CT molecular complexity index is 968. The number of imidazole rings is 1. The van der Waals surface area contributed by atoms with Crippen LogP contribution in [-0.2, 0) is 28.0 Å². The predicted molar refractivity (Wildman–Crippen MR) is 82.8 cm³/mol. The molecule has 0 amide bonds. The molecule has 0 spiro atoms. The van der Waals surface area contributed by atoms with Crippen molar-refractivity contribution in [3.63, 3.8) is 0 Å². The lowest BCUT2D eigenvalue weighted by Crippen LogP contribution is -2.38. The molecule has 1 saturated heterocycles. The Kier molecular flexibility index (Phi) is 2.88. The van der Waals surface area contributed by atoms with E-state index >= 15 is 0 Å². The minimum atomic E-state index is -4.39. The maximum Gasteiger partial charge on any atom is 0.416 e. The molecule has 0 saturated carbocycles. The van der Waals surface area contributed by atoms with Gasteiger partial charge in [0.1, 0.15) is 6.10 Å². The van der Waals surface area contributed by atoms with E-state index in [-0.39, 0.29) is 6.10 Å². The van der Waals surface area contributed by atoms with Crippen LogP contribution in [0, 0.1) is 0 Å². The quantitative estimate of drug-likeness (QED) is 0.674. The van der Waals surface area contributed by atoms with E-state index in [1.165, 1.54) is 6.07 Å². The van der Waals surface area contributed by atoms with Crippen LogP contribution in [0.2, 0.25) is 0 Å². The number of nitrogens with zero attached hydrogens (tertiary/aromatic N) is 2. The van der Waals surface area contributed by atoms with Crippen molar-refractivity contribution in [1.29, 1.82) is 0 Å². The molecular formula is C18H13F3N2O2. The van der Waals surface area contributed by atoms with Gasteiger partial charge in [-0.1, -0.05) is 30.3 Å². The molecule has 3 heterocycles. The third-order valence-corrected chi connectivity index (χ3v) is 4.72. The monoisotopic (exact) mass is 346 g/mol. The molecule has 0 N–H and O–H groups in total. The molecule has 0 radical (unpaired) electrons. The zero-order valence-corrected chi connectivity index (χ0v) is 13.0. The first-order valence-corrected chi connectivity index (χ1v) is 7.93. The summed E-state index contributed by atoms with van der Waals surface area (Å²) in [5.41, 5.74) is 1.04. The molecule has 2 aromatic carbocycles. The highest BCUT2D eigenvalue weighted by Gasteiger charge is 2.52. The number of hydrogen-bond acceptors (Lipinski definition) is 3. The summed E-state index contributed by atoms with van der Waals surface area (Å²) in [7, 11) is 0. The van der Waals surface area contributed by atoms with Gasteiger partial charge in [0.25, 0.3) is 5.79 Å². The van der Waals surface area contributed by atoms with Crippen molar-refractivity contribution in [2.24, 2.45) is 0 Å². The molecule has 5 rings (SSSR count). The Balaban J connectivity index is 1.76. The Morgan fingerprint density at radius 3 is 2.68 bits per heavy atom. The van der Waals surface area contributed by atoms with Gasteiger partial charge in [0.15, 0.2) is 5.82 Å². The highest BCUT2D eigenvalue weighted by atomic mass is 19.4. The molecule has 2 aliphatic rings. The van der Waals surface area contributed by atoms with Crippen LogP contribution in [0.4, 0.5) is 13.2 Å². The Hall–Kier alpha value is -2.38. The van der Waals surface area contributed by atoms with E-state index in [2.05, 4.69) is 4.98 Å². The number of fused-ring (bicyclic) bond motifs is 6. The van der Waals surface area contributed by atoms with E-state index in [1.807, 2.05) is 30.3 Å². The van der Waals surface area contributed by atoms with Gasteiger partial charge in [-0.25, -0.2) is 4.98 Å². The van der Waals surface area contributed by atoms with Crippen LogP contribution < -0.4 is 0 Å². The normalized spacial score (nSPS) is 25.3. The molecular weight excluding hydrogens is 333 g/mol. The van der Waals surface area contributed by atoms with Crippen LogP contribution in [-0.4, -0.2) is 22.3 Å². The first kappa shape index (κ1) is 14.9. The van der Waals surface area contributed by atoms with Crippen LogP contribution in [0.5, 0.6) is 0 Å². The fraction of sp³-hybridized carbons (Fsp3) is 0.278. The Labute approximate surface area is 140 Å². The third kappa shape index (κ3) is 2.06. The maximum absolute atomic E-state index is 13.1. The van der Waals surface area contributed by atoms with Crippen molar-refractivity contribution in [3.8, 4) is 0 Å². The van der Waals surface area contributed by atoms with Crippen LogP contribution in [0.3, 0.4) is 0 Å². The van der Waals surface area contributed by atoms with Gasteiger partial charge in [0.2, 0.25) is 0 Å². The molecule has 2 atom stereocenters. The first-order valence-electron chi connectivity index (χ1n) is 7.93. The zero-order valence-electron chi connectivity index (χ0n) is 13.0. The second-order valence-electron chi connectivity index (χ2n) is 6.28. The summed E-state index contributed by atoms with van der Waals surface area (Å²) in [5, 5.41) is 0. The highest BCUT2D eigenvalue weighted by molar-refractivity contribution is 5.77. The fourth-order valence-corrected chi connectivity index (χ4v) is 3.60. The minimum Gasteiger partial charge on any atom is -0.337 e. The molecule has 4 nitrogen and oxygen atoms in total. The summed E-state index contributed by atoms with van der Waals surface area (Å²) in [4.78, 5) is 4.55. The zero-order chi connectivity index (χ0) is 17.2. The standard InChI is InChI=1S/C18H13F3N2O2/c19-18(20,21)12-6-7-14-15(8-12)23-9-13-10-24-17(25-13,16(23)22-14)11-4-2-1-3-5-11/h1-8,13H,9-10H2. The largest absolute Gasteiger partial charge is 0.416 e. The molecule has 25 heavy (non-hydrogen) atoms. The average molecular weight is 346 g/mol. The van der Waals surface area contributed by atoms with Crippen molar-refractivity contribution >= 4 is 11.0 Å². The van der Waals surface area contributed by atoms with Crippen molar-refractivity contribution in [3.05, 3.63) is 65.5 Å². The number of benzene rings is 2. The summed E-state index contributed by atoms with van der Waals surface area (Å²) in [6.45, 7) is 0.792. The average Bonchev–Trinajstić information content (AvgIpc) is 3.15. The lowest BCUT2D eigenvalue weighted by Gasteiger charge is -2.32. The number of ether oxygens (including phenoxy) is 2. The summed E-state index contributed by atoms with van der Waals surface area (Å²) < 4.78 is 53.1. The molecule has 128 valence electrons. The van der Waals surface area contributed by atoms with Crippen LogP contribution in [0.1, 0.15) is 17.0 Å². The predicted octanol–water partition coefficient (Wildman–Crippen LogP) is 3.69. The summed E-state index contributed by atoms with van der Waals surface area (Å²) in [6, 6.07) is 13.0. The molecule has 3 aromatic rings. The number of aromatic nitrogens is 2. The van der Waals surface area contributed by atoms with Gasteiger partial charge in [0.05, 0.1) is 29.7 Å². The van der Waals surface area contributed by atoms with Crippen LogP contribution in [0.25, 0.3) is 11.0 Å². The van der Waals surface area contributed by atoms with Crippen molar-refractivity contribution in [1.82, 2.24) is 9.55 Å². The van der Waals surface area contributed by atoms with Crippen LogP contribution >= 0.6 is 0 Å². The molecule has 2 unspecified atom stereocenters. The van der Waals surface area contributed by atoms with Gasteiger partial charge in [0, 0.05) is 5.56 Å². The van der Waals surface area contributed by atoms with E-state index in [0.717, 1.165) is 17.7 Å². The molecule has 1 aromatic heterocycles. The Morgan fingerprint density at radius 1 is 1.12 bits per heavy atom. The number of hydrogen-bond donors (Lipinski definition) is 0. The minimum absolute atomic E-state index is 0.223. The SMILES string of the molecule is FC(F)(F)c1ccc2nc3n(c2c1)CC1COC3(c2ccccc2)O1. The molecule has 0 aliphatic carbocycles. The lowest BCUT2D eigenvalue weighted by atomic mass is 10.0. The van der Waals surface area contributed by atoms with Crippen molar-refractivity contribution < 1.29 is 22.6 Å². The first-order chi connectivity index (χ1) is 12.0. The lowest BCUT2D eigenvalue weighted by molar-refractivity contribution is -0.162. The summed E-state index contributed by atoms with van der Waals surface area (Å²) >= 11 is 0. The van der Waals surface area contributed by atoms with Crippen molar-refractivity contribution in [2.45, 2.75) is 24.6 Å². The van der Waals surface area contributed by atoms with E-state index < -0.39 is 17.5 Å². The number of rotatable bonds is 1. The molecule has 2 aliphatic heterocycles. The topological polar surface area (TPSA) is 36.3 Å². The fourth-order valence-electron chi connectivity index (χ4n) is 3.60. The van der Waals surface area contributed by atoms with Gasteiger partial charge >= 0.3 is 6.18 Å². The van der Waals surface area contributed by atoms with E-state index in [4.69, 9.17) is 9.47 Å². The number of halogens is 3. The van der Waals surface area contributed by atoms with E-state index in [0.29, 0.717) is 30.0 Å². The van der Waals surface area contributed by atoms with E-state index in [1.54, 1.807) is 4.57 Å². The third-order valence-electron chi connectivity index (χ3n) is 4.72. The summed E-state index contributed by atoms with van der Waals surface area (Å²) in [5.74, 6) is -0.677. The Morgan fingerprint density at radius 2 is 1.92 bits per heavy atom. The highest BCUT2D eigenvalue weighted by Crippen LogP contribution is 2.45. The summed E-state index contributed by atoms with van der Waals surface area (Å²) in [6.07, 6.45) is -4.61. The van der Waals surface area contributed by atoms with E-state index in [9.17, 15) is 13.2 Å². The van der Waals surface area contributed by atoms with Crippen LogP contribution in [0.15, 0.2) is 48.5 Å². The van der Waals surface area contributed by atoms with Gasteiger partial charge in [-0.2, -0.15) is 13.2 Å².